The molecule has 0 aliphatic carbocycles. The third-order valence-electron chi connectivity index (χ3n) is 5.26. The Morgan fingerprint density at radius 3 is 2.06 bits per heavy atom. The van der Waals surface area contributed by atoms with Crippen LogP contribution in [-0.4, -0.2) is 31.1 Å². The SMILES string of the molecule is CCOC(=O)N1C(c2ccccc2)=NC(C(=O)OCC)(c2ccccc2)c2ccccc21. The molecular weight excluding hydrogens is 404 g/mol. The topological polar surface area (TPSA) is 68.2 Å². The predicted octanol–water partition coefficient (Wildman–Crippen LogP) is 4.92. The standard InChI is InChI=1S/C26H24N2O4/c1-3-31-24(29)26(20-15-9-6-10-16-20)21-17-11-12-18-22(21)28(25(30)32-4-2)23(27-26)19-13-7-5-8-14-19/h5-18H,3-4H2,1-2H3. The second-order valence-corrected chi connectivity index (χ2v) is 7.15. The van der Waals surface area contributed by atoms with E-state index in [1.807, 2.05) is 72.8 Å². The van der Waals surface area contributed by atoms with Gasteiger partial charge in [-0.25, -0.2) is 19.5 Å². The Bertz CT molecular complexity index is 1140. The first-order valence-corrected chi connectivity index (χ1v) is 10.6. The van der Waals surface area contributed by atoms with E-state index >= 15 is 0 Å². The Balaban J connectivity index is 2.08. The van der Waals surface area contributed by atoms with Gasteiger partial charge < -0.3 is 9.47 Å². The van der Waals surface area contributed by atoms with Gasteiger partial charge in [-0.1, -0.05) is 78.9 Å². The van der Waals surface area contributed by atoms with Gasteiger partial charge in [0.2, 0.25) is 5.54 Å². The van der Waals surface area contributed by atoms with Crippen molar-refractivity contribution in [2.45, 2.75) is 19.4 Å². The van der Waals surface area contributed by atoms with Gasteiger partial charge in [-0.15, -0.1) is 0 Å². The molecule has 1 atom stereocenters. The van der Waals surface area contributed by atoms with E-state index in [1.165, 1.54) is 4.90 Å². The Labute approximate surface area is 187 Å². The summed E-state index contributed by atoms with van der Waals surface area (Å²) < 4.78 is 10.9. The Kier molecular flexibility index (Phi) is 6.03. The second-order valence-electron chi connectivity index (χ2n) is 7.15. The minimum atomic E-state index is -1.47. The minimum absolute atomic E-state index is 0.202. The summed E-state index contributed by atoms with van der Waals surface area (Å²) in [5, 5.41) is 0. The van der Waals surface area contributed by atoms with Gasteiger partial charge in [0, 0.05) is 11.1 Å². The number of esters is 1. The van der Waals surface area contributed by atoms with Gasteiger partial charge in [-0.3, -0.25) is 0 Å². The third kappa shape index (κ3) is 3.54. The number of nitrogens with zero attached hydrogens (tertiary/aromatic N) is 2. The molecule has 1 heterocycles. The van der Waals surface area contributed by atoms with Gasteiger partial charge in [0.1, 0.15) is 5.84 Å². The number of para-hydroxylation sites is 1. The molecule has 0 radical (unpaired) electrons. The van der Waals surface area contributed by atoms with E-state index in [-0.39, 0.29) is 13.2 Å². The molecule has 0 fully saturated rings. The van der Waals surface area contributed by atoms with E-state index in [1.54, 1.807) is 26.0 Å². The smallest absolute Gasteiger partial charge is 0.420 e. The number of rotatable bonds is 5. The van der Waals surface area contributed by atoms with Crippen molar-refractivity contribution in [3.05, 3.63) is 102 Å². The van der Waals surface area contributed by atoms with Crippen LogP contribution in [0.4, 0.5) is 10.5 Å². The van der Waals surface area contributed by atoms with Crippen molar-refractivity contribution in [3.63, 3.8) is 0 Å². The molecule has 4 rings (SSSR count). The zero-order valence-corrected chi connectivity index (χ0v) is 18.0. The number of aliphatic imine (C=N–C) groups is 1. The highest BCUT2D eigenvalue weighted by molar-refractivity contribution is 6.24. The maximum Gasteiger partial charge on any atom is 0.420 e. The van der Waals surface area contributed by atoms with E-state index in [9.17, 15) is 9.59 Å². The highest BCUT2D eigenvalue weighted by Gasteiger charge is 2.50. The predicted molar refractivity (Wildman–Crippen MR) is 123 cm³/mol. The van der Waals surface area contributed by atoms with Crippen LogP contribution >= 0.6 is 0 Å². The number of fused-ring (bicyclic) bond motifs is 1. The molecule has 0 bridgehead atoms. The number of hydrogen-bond acceptors (Lipinski definition) is 5. The molecule has 32 heavy (non-hydrogen) atoms. The zero-order valence-electron chi connectivity index (χ0n) is 18.0. The van der Waals surface area contributed by atoms with E-state index in [0.29, 0.717) is 28.2 Å². The van der Waals surface area contributed by atoms with Crippen molar-refractivity contribution in [1.82, 2.24) is 0 Å². The number of anilines is 1. The van der Waals surface area contributed by atoms with Gasteiger partial charge in [-0.05, 0) is 25.5 Å². The molecule has 0 spiro atoms. The van der Waals surface area contributed by atoms with E-state index < -0.39 is 17.6 Å². The average Bonchev–Trinajstić information content (AvgIpc) is 2.84. The summed E-state index contributed by atoms with van der Waals surface area (Å²) in [6.45, 7) is 3.92. The Hall–Kier alpha value is -3.93. The Morgan fingerprint density at radius 1 is 0.812 bits per heavy atom. The van der Waals surface area contributed by atoms with Crippen LogP contribution < -0.4 is 4.90 Å². The summed E-state index contributed by atoms with van der Waals surface area (Å²) in [6, 6.07) is 25.8. The number of carbonyl (C=O) groups excluding carboxylic acids is 2. The lowest BCUT2D eigenvalue weighted by atomic mass is 9.80. The van der Waals surface area contributed by atoms with Gasteiger partial charge in [-0.2, -0.15) is 0 Å². The molecule has 3 aromatic carbocycles. The summed E-state index contributed by atoms with van der Waals surface area (Å²) in [5.74, 6) is -0.185. The monoisotopic (exact) mass is 428 g/mol. The fourth-order valence-corrected chi connectivity index (χ4v) is 3.92. The van der Waals surface area contributed by atoms with Crippen molar-refractivity contribution in [2.24, 2.45) is 4.99 Å². The largest absolute Gasteiger partial charge is 0.464 e. The molecule has 6 nitrogen and oxygen atoms in total. The molecule has 1 unspecified atom stereocenters. The molecule has 1 aliphatic rings. The zero-order chi connectivity index (χ0) is 22.6. The van der Waals surface area contributed by atoms with Gasteiger partial charge in [0.15, 0.2) is 0 Å². The molecule has 162 valence electrons. The van der Waals surface area contributed by atoms with Gasteiger partial charge in [0.25, 0.3) is 0 Å². The minimum Gasteiger partial charge on any atom is -0.464 e. The lowest BCUT2D eigenvalue weighted by Gasteiger charge is -2.39. The maximum atomic E-state index is 13.6. The van der Waals surface area contributed by atoms with Crippen LogP contribution in [0.5, 0.6) is 0 Å². The normalized spacial score (nSPS) is 17.2. The molecule has 0 saturated heterocycles. The van der Waals surface area contributed by atoms with Crippen LogP contribution in [0.3, 0.4) is 0 Å². The molecule has 0 N–H and O–H groups in total. The van der Waals surface area contributed by atoms with Crippen LogP contribution in [0.25, 0.3) is 0 Å². The van der Waals surface area contributed by atoms with Crippen molar-refractivity contribution >= 4 is 23.6 Å². The highest BCUT2D eigenvalue weighted by Crippen LogP contribution is 2.45. The molecule has 3 aromatic rings. The first-order valence-electron chi connectivity index (χ1n) is 10.6. The van der Waals surface area contributed by atoms with E-state index in [0.717, 1.165) is 0 Å². The van der Waals surface area contributed by atoms with Crippen LogP contribution in [0.2, 0.25) is 0 Å². The number of benzene rings is 3. The molecular formula is C26H24N2O4. The number of ether oxygens (including phenoxy) is 2. The number of amides is 1. The van der Waals surface area contributed by atoms with Gasteiger partial charge in [0.05, 0.1) is 18.9 Å². The number of hydrogen-bond donors (Lipinski definition) is 0. The Morgan fingerprint density at radius 2 is 1.41 bits per heavy atom. The molecule has 1 amide bonds. The second kappa shape index (κ2) is 9.06. The van der Waals surface area contributed by atoms with Crippen LogP contribution in [0, 0.1) is 0 Å². The number of amidine groups is 1. The third-order valence-corrected chi connectivity index (χ3v) is 5.26. The van der Waals surface area contributed by atoms with Gasteiger partial charge >= 0.3 is 12.1 Å². The summed E-state index contributed by atoms with van der Waals surface area (Å²) in [5.41, 5.74) is 0.943. The number of carbonyl (C=O) groups is 2. The molecule has 0 aromatic heterocycles. The molecule has 6 heteroatoms. The lowest BCUT2D eigenvalue weighted by molar-refractivity contribution is -0.148. The van der Waals surface area contributed by atoms with Crippen LogP contribution in [0.15, 0.2) is 89.9 Å². The molecule has 1 aliphatic heterocycles. The average molecular weight is 428 g/mol. The van der Waals surface area contributed by atoms with Crippen LogP contribution in [0.1, 0.15) is 30.5 Å². The first-order chi connectivity index (χ1) is 15.6. The summed E-state index contributed by atoms with van der Waals surface area (Å²) in [7, 11) is 0. The van der Waals surface area contributed by atoms with Crippen LogP contribution in [-0.2, 0) is 19.8 Å². The van der Waals surface area contributed by atoms with E-state index in [2.05, 4.69) is 0 Å². The summed E-state index contributed by atoms with van der Waals surface area (Å²) in [6.07, 6.45) is -0.562. The van der Waals surface area contributed by atoms with Crippen molar-refractivity contribution in [2.75, 3.05) is 18.1 Å². The molecule has 0 saturated carbocycles. The van der Waals surface area contributed by atoms with Crippen molar-refractivity contribution in [3.8, 4) is 0 Å². The highest BCUT2D eigenvalue weighted by atomic mass is 16.6. The van der Waals surface area contributed by atoms with E-state index in [4.69, 9.17) is 14.5 Å². The fraction of sp³-hybridized carbons (Fsp3) is 0.192. The summed E-state index contributed by atoms with van der Waals surface area (Å²) >= 11 is 0. The quantitative estimate of drug-likeness (QED) is 0.541. The first kappa shape index (κ1) is 21.3. The fourth-order valence-electron chi connectivity index (χ4n) is 3.92. The van der Waals surface area contributed by atoms with Crippen molar-refractivity contribution in [1.29, 1.82) is 0 Å². The maximum absolute atomic E-state index is 13.6. The van der Waals surface area contributed by atoms with Crippen molar-refractivity contribution < 1.29 is 19.1 Å². The summed E-state index contributed by atoms with van der Waals surface area (Å²) in [4.78, 5) is 33.1. The lowest BCUT2D eigenvalue weighted by Crippen LogP contribution is -2.49.